The van der Waals surface area contributed by atoms with Gasteiger partial charge in [0.25, 0.3) is 0 Å². The minimum absolute atomic E-state index is 0.148. The van der Waals surface area contributed by atoms with Gasteiger partial charge in [-0.25, -0.2) is 0 Å². The summed E-state index contributed by atoms with van der Waals surface area (Å²) >= 11 is 0. The van der Waals surface area contributed by atoms with Gasteiger partial charge in [-0.05, 0) is 42.5 Å². The highest BCUT2D eigenvalue weighted by Gasteiger charge is 2.50. The zero-order chi connectivity index (χ0) is 36.2. The van der Waals surface area contributed by atoms with Crippen LogP contribution < -0.4 is 5.73 Å². The van der Waals surface area contributed by atoms with Crippen LogP contribution in [0.5, 0.6) is 0 Å². The van der Waals surface area contributed by atoms with Gasteiger partial charge < -0.3 is 43.6 Å². The molecule has 2 fully saturated rings. The van der Waals surface area contributed by atoms with Crippen LogP contribution in [0.25, 0.3) is 0 Å². The first kappa shape index (κ1) is 38.3. The van der Waals surface area contributed by atoms with Crippen molar-refractivity contribution in [2.45, 2.75) is 108 Å². The smallest absolute Gasteiger partial charge is 0.187 e. The van der Waals surface area contributed by atoms with Crippen LogP contribution >= 0.6 is 0 Å². The van der Waals surface area contributed by atoms with E-state index in [9.17, 15) is 0 Å². The highest BCUT2D eigenvalue weighted by Crippen LogP contribution is 2.34. The van der Waals surface area contributed by atoms with Crippen molar-refractivity contribution in [1.29, 1.82) is 0 Å². The van der Waals surface area contributed by atoms with Gasteiger partial charge in [-0.15, -0.1) is 0 Å². The summed E-state index contributed by atoms with van der Waals surface area (Å²) in [5, 5.41) is 0. The van der Waals surface area contributed by atoms with E-state index in [-0.39, 0.29) is 25.4 Å². The molecule has 0 radical (unpaired) electrons. The number of ether oxygens (including phenoxy) is 8. The third-order valence-corrected chi connectivity index (χ3v) is 9.34. The molecule has 4 aromatic carbocycles. The topological polar surface area (TPSA) is 99.9 Å². The van der Waals surface area contributed by atoms with E-state index >= 15 is 0 Å². The zero-order valence-corrected chi connectivity index (χ0v) is 30.5. The van der Waals surface area contributed by atoms with Gasteiger partial charge in [0.2, 0.25) is 0 Å². The summed E-state index contributed by atoms with van der Waals surface area (Å²) in [5.74, 6) is -0.730. The summed E-state index contributed by atoms with van der Waals surface area (Å²) in [6.45, 7) is 7.69. The third-order valence-electron chi connectivity index (χ3n) is 9.34. The fourth-order valence-corrected chi connectivity index (χ4v) is 6.72. The van der Waals surface area contributed by atoms with E-state index < -0.39 is 42.5 Å². The van der Waals surface area contributed by atoms with E-state index in [4.69, 9.17) is 43.6 Å². The van der Waals surface area contributed by atoms with Gasteiger partial charge in [0.15, 0.2) is 12.1 Å². The fraction of sp³-hybridized carbons (Fsp3) is 0.442. The lowest BCUT2D eigenvalue weighted by atomic mass is 9.97. The summed E-state index contributed by atoms with van der Waals surface area (Å²) in [6, 6.07) is 39.8. The van der Waals surface area contributed by atoms with E-state index in [0.29, 0.717) is 26.4 Å². The van der Waals surface area contributed by atoms with E-state index in [0.717, 1.165) is 28.7 Å². The fourth-order valence-electron chi connectivity index (χ4n) is 6.72. The first-order valence-corrected chi connectivity index (χ1v) is 18.3. The second kappa shape index (κ2) is 19.0. The molecule has 5 unspecified atom stereocenters. The first-order valence-electron chi connectivity index (χ1n) is 18.3. The van der Waals surface area contributed by atoms with Crippen molar-refractivity contribution in [2.24, 2.45) is 5.73 Å². The average Bonchev–Trinajstić information content (AvgIpc) is 3.51. The maximum absolute atomic E-state index is 6.82. The minimum Gasteiger partial charge on any atom is -0.374 e. The van der Waals surface area contributed by atoms with Gasteiger partial charge in [-0.2, -0.15) is 0 Å². The van der Waals surface area contributed by atoms with Crippen LogP contribution in [0, 0.1) is 0 Å². The van der Waals surface area contributed by atoms with Crippen molar-refractivity contribution >= 4 is 0 Å². The Kier molecular flexibility index (Phi) is 14.0. The second-order valence-electron chi connectivity index (χ2n) is 13.9. The van der Waals surface area contributed by atoms with Crippen molar-refractivity contribution in [3.8, 4) is 0 Å². The minimum atomic E-state index is -0.854. The molecule has 6 rings (SSSR count). The molecule has 2 heterocycles. The Morgan fingerprint density at radius 1 is 0.577 bits per heavy atom. The van der Waals surface area contributed by atoms with Crippen molar-refractivity contribution in [3.05, 3.63) is 144 Å². The summed E-state index contributed by atoms with van der Waals surface area (Å²) in [5.41, 5.74) is 10.9. The lowest BCUT2D eigenvalue weighted by Crippen LogP contribution is -2.62. The van der Waals surface area contributed by atoms with Gasteiger partial charge in [-0.1, -0.05) is 128 Å². The van der Waals surface area contributed by atoms with Crippen LogP contribution in [0.15, 0.2) is 121 Å². The van der Waals surface area contributed by atoms with Crippen LogP contribution in [0.4, 0.5) is 0 Å². The molecule has 0 aliphatic carbocycles. The van der Waals surface area contributed by atoms with Gasteiger partial charge in [0.05, 0.1) is 51.8 Å². The largest absolute Gasteiger partial charge is 0.374 e. The second-order valence-corrected chi connectivity index (χ2v) is 13.9. The van der Waals surface area contributed by atoms with Gasteiger partial charge in [-0.3, -0.25) is 0 Å². The number of hydrogen-bond donors (Lipinski definition) is 1. The molecule has 52 heavy (non-hydrogen) atoms. The van der Waals surface area contributed by atoms with Crippen molar-refractivity contribution in [1.82, 2.24) is 0 Å². The molecule has 9 heteroatoms. The molecule has 4 aromatic rings. The number of hydrogen-bond acceptors (Lipinski definition) is 9. The standard InChI is InChI=1S/C43H53NO8/c1-4-36-38(52-43(2,3)51-36)35(44)29-49-42-41(48-28-34-23-15-8-16-24-34)40(47-27-33-21-13-7-14-22-33)39(46-26-32-19-11-6-12-20-32)37(50-42)30-45-25-31-17-9-5-10-18-31/h5-24,35-42H,4,25-30,44H2,1-3H3/t35-,36+,37?,38-,39?,40?,41?,42?/m0/s1. The van der Waals surface area contributed by atoms with Crippen molar-refractivity contribution in [2.75, 3.05) is 13.2 Å². The predicted molar refractivity (Wildman–Crippen MR) is 198 cm³/mol. The predicted octanol–water partition coefficient (Wildman–Crippen LogP) is 6.96. The Labute approximate surface area is 308 Å². The first-order chi connectivity index (χ1) is 25.4. The third kappa shape index (κ3) is 10.8. The summed E-state index contributed by atoms with van der Waals surface area (Å²) in [4.78, 5) is 0. The highest BCUT2D eigenvalue weighted by atomic mass is 16.8. The molecule has 0 amide bonds. The summed E-state index contributed by atoms with van der Waals surface area (Å²) in [7, 11) is 0. The normalized spacial score (nSPS) is 26.3. The van der Waals surface area contributed by atoms with Gasteiger partial charge in [0, 0.05) is 0 Å². The number of rotatable bonds is 18. The zero-order valence-electron chi connectivity index (χ0n) is 30.5. The molecule has 278 valence electrons. The molecule has 2 N–H and O–H groups in total. The Morgan fingerprint density at radius 2 is 1.04 bits per heavy atom. The Hall–Kier alpha value is -3.48. The summed E-state index contributed by atoms with van der Waals surface area (Å²) in [6.07, 6.45) is -2.98. The lowest BCUT2D eigenvalue weighted by Gasteiger charge is -2.46. The molecule has 9 nitrogen and oxygen atoms in total. The molecule has 8 atom stereocenters. The Bertz CT molecular complexity index is 1580. The molecular formula is C43H53NO8. The molecule has 0 aromatic heterocycles. The van der Waals surface area contributed by atoms with Crippen LogP contribution in [-0.4, -0.2) is 68.0 Å². The maximum atomic E-state index is 6.82. The molecule has 2 aliphatic heterocycles. The SMILES string of the molecule is CC[C@H]1OC(C)(C)O[C@H]1[C@@H](N)COC1OC(COCc2ccccc2)C(OCc2ccccc2)C(OCc2ccccc2)C1OCc1ccccc1. The molecule has 0 spiro atoms. The molecule has 2 saturated heterocycles. The quantitative estimate of drug-likeness (QED) is 0.118. The highest BCUT2D eigenvalue weighted by molar-refractivity contribution is 5.16. The summed E-state index contributed by atoms with van der Waals surface area (Å²) < 4.78 is 52.4. The van der Waals surface area contributed by atoms with E-state index in [2.05, 4.69) is 6.92 Å². The van der Waals surface area contributed by atoms with Crippen LogP contribution in [0.2, 0.25) is 0 Å². The van der Waals surface area contributed by atoms with Crippen molar-refractivity contribution < 1.29 is 37.9 Å². The maximum Gasteiger partial charge on any atom is 0.187 e. The number of nitrogens with two attached hydrogens (primary N) is 1. The molecule has 2 aliphatic rings. The van der Waals surface area contributed by atoms with Crippen LogP contribution in [0.3, 0.4) is 0 Å². The monoisotopic (exact) mass is 711 g/mol. The molecule has 0 saturated carbocycles. The average molecular weight is 712 g/mol. The Morgan fingerprint density at radius 3 is 1.54 bits per heavy atom. The van der Waals surface area contributed by atoms with Gasteiger partial charge >= 0.3 is 0 Å². The Balaban J connectivity index is 1.28. The van der Waals surface area contributed by atoms with E-state index in [1.54, 1.807) is 0 Å². The van der Waals surface area contributed by atoms with Crippen molar-refractivity contribution in [3.63, 3.8) is 0 Å². The van der Waals surface area contributed by atoms with E-state index in [1.807, 2.05) is 135 Å². The lowest BCUT2D eigenvalue weighted by molar-refractivity contribution is -0.329. The van der Waals surface area contributed by atoms with Crippen LogP contribution in [-0.2, 0) is 64.3 Å². The van der Waals surface area contributed by atoms with Crippen LogP contribution in [0.1, 0.15) is 49.4 Å². The van der Waals surface area contributed by atoms with E-state index in [1.165, 1.54) is 0 Å². The molecule has 0 bridgehead atoms. The van der Waals surface area contributed by atoms with Gasteiger partial charge in [0.1, 0.15) is 30.5 Å². The number of benzene rings is 4. The molecular weight excluding hydrogens is 658 g/mol.